The van der Waals surface area contributed by atoms with Crippen LogP contribution in [0.15, 0.2) is 17.5 Å². The third kappa shape index (κ3) is 3.05. The summed E-state index contributed by atoms with van der Waals surface area (Å²) >= 11 is 1.24. The van der Waals surface area contributed by atoms with Gasteiger partial charge in [0.1, 0.15) is 0 Å². The lowest BCUT2D eigenvalue weighted by atomic mass is 9.85. The number of fused-ring (bicyclic) bond motifs is 1. The van der Waals surface area contributed by atoms with Crippen LogP contribution >= 0.6 is 11.3 Å². The number of rotatable bonds is 3. The Morgan fingerprint density at radius 1 is 1.32 bits per heavy atom. The third-order valence-corrected chi connectivity index (χ3v) is 6.52. The number of likely N-dealkylation sites (tertiary alicyclic amines) is 2. The highest BCUT2D eigenvalue weighted by atomic mass is 32.1. The molecule has 2 amide bonds. The van der Waals surface area contributed by atoms with Gasteiger partial charge in [-0.1, -0.05) is 6.92 Å². The third-order valence-electron chi connectivity index (χ3n) is 5.67. The van der Waals surface area contributed by atoms with E-state index in [1.54, 1.807) is 10.3 Å². The van der Waals surface area contributed by atoms with E-state index in [2.05, 4.69) is 4.98 Å². The van der Waals surface area contributed by atoms with E-state index in [4.69, 9.17) is 0 Å². The molecule has 2 fully saturated rings. The van der Waals surface area contributed by atoms with Crippen molar-refractivity contribution in [3.05, 3.63) is 28.8 Å². The van der Waals surface area contributed by atoms with Gasteiger partial charge in [-0.3, -0.25) is 9.59 Å². The number of pyridine rings is 1. The van der Waals surface area contributed by atoms with Crippen LogP contribution in [-0.2, 0) is 11.0 Å². The number of carbonyl (C=O) groups is 2. The van der Waals surface area contributed by atoms with Crippen molar-refractivity contribution in [2.45, 2.75) is 32.4 Å². The Balaban J connectivity index is 1.63. The normalized spacial score (nSPS) is 22.8. The Hall–Kier alpha value is -2.16. The van der Waals surface area contributed by atoms with Crippen LogP contribution in [0.4, 0.5) is 13.2 Å². The van der Waals surface area contributed by atoms with E-state index in [-0.39, 0.29) is 24.5 Å². The average molecular weight is 411 g/mol. The summed E-state index contributed by atoms with van der Waals surface area (Å²) in [4.78, 5) is 32.7. The summed E-state index contributed by atoms with van der Waals surface area (Å²) in [5.74, 6) is -0.679. The summed E-state index contributed by atoms with van der Waals surface area (Å²) in [6.07, 6.45) is -2.73. The average Bonchev–Trinajstić information content (AvgIpc) is 3.35. The molecule has 2 aliphatic rings. The summed E-state index contributed by atoms with van der Waals surface area (Å²) in [6, 6.07) is 2.79. The first-order valence-corrected chi connectivity index (χ1v) is 10.2. The number of hydrogen-bond acceptors (Lipinski definition) is 4. The van der Waals surface area contributed by atoms with E-state index in [0.717, 1.165) is 6.42 Å². The summed E-state index contributed by atoms with van der Waals surface area (Å²) < 4.78 is 41.1. The molecule has 0 bridgehead atoms. The molecule has 1 unspecified atom stereocenters. The maximum atomic E-state index is 13.5. The smallest absolute Gasteiger partial charge is 0.342 e. The fourth-order valence-corrected chi connectivity index (χ4v) is 5.01. The van der Waals surface area contributed by atoms with Gasteiger partial charge in [0, 0.05) is 26.2 Å². The van der Waals surface area contributed by atoms with Crippen molar-refractivity contribution in [3.8, 4) is 0 Å². The van der Waals surface area contributed by atoms with Crippen molar-refractivity contribution in [1.29, 1.82) is 0 Å². The zero-order valence-corrected chi connectivity index (χ0v) is 16.2. The molecule has 5 nitrogen and oxygen atoms in total. The van der Waals surface area contributed by atoms with Crippen LogP contribution in [0.3, 0.4) is 0 Å². The van der Waals surface area contributed by atoms with Crippen LogP contribution < -0.4 is 0 Å². The minimum atomic E-state index is -4.72. The second-order valence-corrected chi connectivity index (χ2v) is 8.43. The SMILES string of the molecule is CCCN1CCC2(CCN(C(=O)c3cc4sccc4nc3C(F)(F)F)C2)C1=O. The molecular formula is C19H20F3N3O2S. The van der Waals surface area contributed by atoms with E-state index < -0.39 is 28.8 Å². The van der Waals surface area contributed by atoms with Gasteiger partial charge in [0.15, 0.2) is 5.69 Å². The van der Waals surface area contributed by atoms with Crippen LogP contribution in [0.1, 0.15) is 42.2 Å². The summed E-state index contributed by atoms with van der Waals surface area (Å²) in [6.45, 7) is 3.76. The van der Waals surface area contributed by atoms with Crippen molar-refractivity contribution in [2.75, 3.05) is 26.2 Å². The van der Waals surface area contributed by atoms with Crippen LogP contribution in [-0.4, -0.2) is 52.8 Å². The standard InChI is InChI=1S/C19H20F3N3O2S/c1-2-6-24-7-4-18(17(24)27)5-8-25(11-18)16(26)12-10-14-13(3-9-28-14)23-15(12)19(20,21)22/h3,9-10H,2,4-8,11H2,1H3. The van der Waals surface area contributed by atoms with Crippen LogP contribution in [0.5, 0.6) is 0 Å². The van der Waals surface area contributed by atoms with Crippen LogP contribution in [0, 0.1) is 5.41 Å². The maximum absolute atomic E-state index is 13.5. The van der Waals surface area contributed by atoms with Crippen molar-refractivity contribution >= 4 is 33.4 Å². The first kappa shape index (κ1) is 19.2. The predicted molar refractivity (Wildman–Crippen MR) is 99.1 cm³/mol. The number of amides is 2. The summed E-state index contributed by atoms with van der Waals surface area (Å²) in [5, 5.41) is 1.65. The van der Waals surface area contributed by atoms with E-state index >= 15 is 0 Å². The van der Waals surface area contributed by atoms with Gasteiger partial charge in [-0.15, -0.1) is 11.3 Å². The number of hydrogen-bond donors (Lipinski definition) is 0. The molecule has 0 radical (unpaired) electrons. The lowest BCUT2D eigenvalue weighted by molar-refractivity contribution is -0.141. The lowest BCUT2D eigenvalue weighted by Gasteiger charge is -2.24. The summed E-state index contributed by atoms with van der Waals surface area (Å²) in [5.41, 5.74) is -2.01. The van der Waals surface area contributed by atoms with Crippen molar-refractivity contribution in [2.24, 2.45) is 5.41 Å². The van der Waals surface area contributed by atoms with Gasteiger partial charge >= 0.3 is 6.18 Å². The molecule has 0 aromatic carbocycles. The predicted octanol–water partition coefficient (Wildman–Crippen LogP) is 3.79. The quantitative estimate of drug-likeness (QED) is 0.772. The van der Waals surface area contributed by atoms with Gasteiger partial charge in [-0.05, 0) is 36.8 Å². The Kier molecular flexibility index (Phi) is 4.60. The molecule has 2 aromatic rings. The van der Waals surface area contributed by atoms with Gasteiger partial charge in [-0.25, -0.2) is 4.98 Å². The van der Waals surface area contributed by atoms with Crippen LogP contribution in [0.25, 0.3) is 10.2 Å². The Morgan fingerprint density at radius 3 is 2.79 bits per heavy atom. The first-order chi connectivity index (χ1) is 13.2. The highest BCUT2D eigenvalue weighted by Gasteiger charge is 2.52. The molecule has 28 heavy (non-hydrogen) atoms. The Bertz CT molecular complexity index is 942. The van der Waals surface area contributed by atoms with Crippen molar-refractivity contribution in [3.63, 3.8) is 0 Å². The van der Waals surface area contributed by atoms with Gasteiger partial charge in [0.25, 0.3) is 5.91 Å². The maximum Gasteiger partial charge on any atom is 0.434 e. The molecule has 0 aliphatic carbocycles. The largest absolute Gasteiger partial charge is 0.434 e. The molecule has 1 atom stereocenters. The Morgan fingerprint density at radius 2 is 2.07 bits per heavy atom. The zero-order chi connectivity index (χ0) is 20.1. The number of carbonyl (C=O) groups excluding carboxylic acids is 2. The number of nitrogens with zero attached hydrogens (tertiary/aromatic N) is 3. The second kappa shape index (κ2) is 6.72. The second-order valence-electron chi connectivity index (χ2n) is 7.49. The molecule has 9 heteroatoms. The van der Waals surface area contributed by atoms with E-state index in [1.807, 2.05) is 6.92 Å². The zero-order valence-electron chi connectivity index (χ0n) is 15.4. The minimum Gasteiger partial charge on any atom is -0.342 e. The van der Waals surface area contributed by atoms with E-state index in [9.17, 15) is 22.8 Å². The first-order valence-electron chi connectivity index (χ1n) is 9.29. The highest BCUT2D eigenvalue weighted by Crippen LogP contribution is 2.42. The van der Waals surface area contributed by atoms with Gasteiger partial charge in [0.2, 0.25) is 5.91 Å². The minimum absolute atomic E-state index is 0.0209. The molecule has 0 N–H and O–H groups in total. The topological polar surface area (TPSA) is 53.5 Å². The number of aromatic nitrogens is 1. The number of alkyl halides is 3. The molecule has 2 saturated heterocycles. The van der Waals surface area contributed by atoms with Gasteiger partial charge in [-0.2, -0.15) is 13.2 Å². The molecule has 150 valence electrons. The monoisotopic (exact) mass is 411 g/mol. The molecule has 0 saturated carbocycles. The lowest BCUT2D eigenvalue weighted by Crippen LogP contribution is -2.39. The molecule has 4 rings (SSSR count). The fraction of sp³-hybridized carbons (Fsp3) is 0.526. The van der Waals surface area contributed by atoms with E-state index in [0.29, 0.717) is 30.6 Å². The van der Waals surface area contributed by atoms with Crippen molar-refractivity contribution in [1.82, 2.24) is 14.8 Å². The molecular weight excluding hydrogens is 391 g/mol. The van der Waals surface area contributed by atoms with Crippen LogP contribution in [0.2, 0.25) is 0 Å². The molecule has 2 aliphatic heterocycles. The Labute approximate surface area is 164 Å². The van der Waals surface area contributed by atoms with Crippen molar-refractivity contribution < 1.29 is 22.8 Å². The summed E-state index contributed by atoms with van der Waals surface area (Å²) in [7, 11) is 0. The number of halogens is 3. The molecule has 1 spiro atoms. The number of thiophene rings is 1. The van der Waals surface area contributed by atoms with E-state index in [1.165, 1.54) is 28.4 Å². The highest BCUT2D eigenvalue weighted by molar-refractivity contribution is 7.17. The van der Waals surface area contributed by atoms with Gasteiger partial charge in [0.05, 0.1) is 21.2 Å². The molecule has 2 aromatic heterocycles. The fourth-order valence-electron chi connectivity index (χ4n) is 4.24. The molecule has 4 heterocycles. The van der Waals surface area contributed by atoms with Gasteiger partial charge < -0.3 is 9.80 Å².